The summed E-state index contributed by atoms with van der Waals surface area (Å²) in [6.07, 6.45) is -0.779. The van der Waals surface area contributed by atoms with Crippen molar-refractivity contribution in [2.24, 2.45) is 4.40 Å². The second-order valence-electron chi connectivity index (χ2n) is 4.53. The van der Waals surface area contributed by atoms with E-state index in [1.165, 1.54) is 7.11 Å². The Morgan fingerprint density at radius 3 is 2.50 bits per heavy atom. The third kappa shape index (κ3) is 7.43. The second-order valence-corrected chi connectivity index (χ2v) is 6.87. The molecule has 9 heteroatoms. The standard InChI is InChI=1S/C13H19N3O4S2/c1-10(2)15-22(18,19)16-12(14-13(17)20-3)21-9-11-7-5-4-6-8-11/h4-8,10,15H,9H2,1-3H3,(H,14,16,17). The number of methoxy groups -OCH3 is 1. The lowest BCUT2D eigenvalue weighted by atomic mass is 10.2. The van der Waals surface area contributed by atoms with Crippen molar-refractivity contribution < 1.29 is 17.9 Å². The van der Waals surface area contributed by atoms with Gasteiger partial charge in [0, 0.05) is 11.8 Å². The van der Waals surface area contributed by atoms with Crippen LogP contribution in [0.4, 0.5) is 4.79 Å². The molecule has 1 aromatic carbocycles. The number of carbonyl (C=O) groups is 1. The SMILES string of the molecule is COC(=O)NC(=NS(=O)(=O)NC(C)C)SCc1ccccc1. The number of nitrogens with one attached hydrogen (secondary N) is 2. The summed E-state index contributed by atoms with van der Waals surface area (Å²) in [5.74, 6) is 0.459. The Balaban J connectivity index is 2.85. The molecule has 0 saturated heterocycles. The van der Waals surface area contributed by atoms with E-state index in [9.17, 15) is 13.2 Å². The van der Waals surface area contributed by atoms with Gasteiger partial charge in [-0.1, -0.05) is 42.1 Å². The fourth-order valence-corrected chi connectivity index (χ4v) is 3.45. The first-order valence-electron chi connectivity index (χ1n) is 6.46. The Bertz CT molecular complexity index is 615. The predicted molar refractivity (Wildman–Crippen MR) is 87.9 cm³/mol. The highest BCUT2D eigenvalue weighted by molar-refractivity contribution is 8.13. The maximum atomic E-state index is 11.8. The highest BCUT2D eigenvalue weighted by Crippen LogP contribution is 2.13. The largest absolute Gasteiger partial charge is 0.453 e. The number of hydrogen-bond donors (Lipinski definition) is 2. The number of amides is 1. The number of amidine groups is 1. The monoisotopic (exact) mass is 345 g/mol. The van der Waals surface area contributed by atoms with Gasteiger partial charge in [0.15, 0.2) is 5.17 Å². The molecule has 0 aliphatic carbocycles. The van der Waals surface area contributed by atoms with E-state index < -0.39 is 16.3 Å². The van der Waals surface area contributed by atoms with Crippen molar-refractivity contribution in [3.8, 4) is 0 Å². The zero-order valence-electron chi connectivity index (χ0n) is 12.6. The summed E-state index contributed by atoms with van der Waals surface area (Å²) in [6.45, 7) is 3.36. The molecule has 0 bridgehead atoms. The second kappa shape index (κ2) is 8.76. The van der Waals surface area contributed by atoms with E-state index >= 15 is 0 Å². The first kappa shape index (κ1) is 18.5. The molecule has 22 heavy (non-hydrogen) atoms. The van der Waals surface area contributed by atoms with E-state index in [0.717, 1.165) is 17.3 Å². The van der Waals surface area contributed by atoms with E-state index in [-0.39, 0.29) is 11.2 Å². The van der Waals surface area contributed by atoms with E-state index in [2.05, 4.69) is 19.2 Å². The lowest BCUT2D eigenvalue weighted by Crippen LogP contribution is -2.33. The summed E-state index contributed by atoms with van der Waals surface area (Å²) in [5.41, 5.74) is 0.973. The molecule has 0 atom stereocenters. The van der Waals surface area contributed by atoms with Gasteiger partial charge in [-0.05, 0) is 19.4 Å². The minimum Gasteiger partial charge on any atom is -0.453 e. The maximum absolute atomic E-state index is 11.8. The van der Waals surface area contributed by atoms with Crippen LogP contribution in [0.1, 0.15) is 19.4 Å². The van der Waals surface area contributed by atoms with Gasteiger partial charge in [-0.2, -0.15) is 13.1 Å². The van der Waals surface area contributed by atoms with Crippen molar-refractivity contribution >= 4 is 33.2 Å². The molecule has 1 rings (SSSR count). The number of benzene rings is 1. The number of nitrogens with zero attached hydrogens (tertiary/aromatic N) is 1. The Kier molecular flexibility index (Phi) is 7.36. The van der Waals surface area contributed by atoms with Crippen LogP contribution in [0.25, 0.3) is 0 Å². The fraction of sp³-hybridized carbons (Fsp3) is 0.385. The number of ether oxygens (including phenoxy) is 1. The molecule has 0 saturated carbocycles. The van der Waals surface area contributed by atoms with Crippen LogP contribution in [0, 0.1) is 0 Å². The molecule has 0 radical (unpaired) electrons. The fourth-order valence-electron chi connectivity index (χ4n) is 1.38. The van der Waals surface area contributed by atoms with Gasteiger partial charge in [0.05, 0.1) is 7.11 Å². The van der Waals surface area contributed by atoms with Gasteiger partial charge >= 0.3 is 16.3 Å². The molecule has 1 aromatic rings. The minimum absolute atomic E-state index is 0.0520. The summed E-state index contributed by atoms with van der Waals surface area (Å²) in [4.78, 5) is 11.3. The zero-order valence-corrected chi connectivity index (χ0v) is 14.2. The van der Waals surface area contributed by atoms with E-state index in [1.54, 1.807) is 13.8 Å². The summed E-state index contributed by atoms with van der Waals surface area (Å²) >= 11 is 1.09. The first-order chi connectivity index (χ1) is 10.3. The number of carbonyl (C=O) groups excluding carboxylic acids is 1. The van der Waals surface area contributed by atoms with Gasteiger partial charge in [-0.25, -0.2) is 4.79 Å². The lowest BCUT2D eigenvalue weighted by molar-refractivity contribution is 0.177. The van der Waals surface area contributed by atoms with Gasteiger partial charge in [0.1, 0.15) is 0 Å². The molecule has 0 heterocycles. The zero-order chi connectivity index (χ0) is 16.6. The topological polar surface area (TPSA) is 96.9 Å². The molecule has 122 valence electrons. The van der Waals surface area contributed by atoms with Crippen LogP contribution in [-0.2, 0) is 20.7 Å². The molecule has 0 fully saturated rings. The van der Waals surface area contributed by atoms with Crippen LogP contribution in [0.15, 0.2) is 34.7 Å². The predicted octanol–water partition coefficient (Wildman–Crippen LogP) is 1.87. The number of alkyl carbamates (subject to hydrolysis) is 1. The maximum Gasteiger partial charge on any atom is 0.412 e. The highest BCUT2D eigenvalue weighted by atomic mass is 32.2. The number of rotatable bonds is 5. The molecule has 1 amide bonds. The molecule has 0 unspecified atom stereocenters. The molecule has 0 spiro atoms. The van der Waals surface area contributed by atoms with Gasteiger partial charge < -0.3 is 4.74 Å². The first-order valence-corrected chi connectivity index (χ1v) is 8.89. The lowest BCUT2D eigenvalue weighted by Gasteiger charge is -2.09. The third-order valence-corrected chi connectivity index (χ3v) is 4.45. The van der Waals surface area contributed by atoms with Crippen LogP contribution in [-0.4, -0.2) is 32.8 Å². The van der Waals surface area contributed by atoms with Gasteiger partial charge in [-0.15, -0.1) is 4.40 Å². The van der Waals surface area contributed by atoms with Crippen molar-refractivity contribution in [2.75, 3.05) is 7.11 Å². The summed E-state index contributed by atoms with van der Waals surface area (Å²) < 4.78 is 34.0. The van der Waals surface area contributed by atoms with Gasteiger partial charge in [-0.3, -0.25) is 5.32 Å². The Morgan fingerprint density at radius 2 is 1.95 bits per heavy atom. The van der Waals surface area contributed by atoms with Crippen LogP contribution in [0.5, 0.6) is 0 Å². The molecule has 2 N–H and O–H groups in total. The van der Waals surface area contributed by atoms with E-state index in [4.69, 9.17) is 0 Å². The summed E-state index contributed by atoms with van der Waals surface area (Å²) in [5, 5.41) is 2.25. The number of hydrogen-bond acceptors (Lipinski definition) is 5. The molecule has 0 aliphatic rings. The smallest absolute Gasteiger partial charge is 0.412 e. The van der Waals surface area contributed by atoms with Crippen LogP contribution < -0.4 is 10.0 Å². The van der Waals surface area contributed by atoms with Crippen LogP contribution >= 0.6 is 11.8 Å². The van der Waals surface area contributed by atoms with Gasteiger partial charge in [0.2, 0.25) is 0 Å². The number of thioether (sulfide) groups is 1. The summed E-state index contributed by atoms with van der Waals surface area (Å²) in [7, 11) is -2.70. The Morgan fingerprint density at radius 1 is 1.32 bits per heavy atom. The third-order valence-electron chi connectivity index (χ3n) is 2.20. The van der Waals surface area contributed by atoms with E-state index in [1.807, 2.05) is 30.3 Å². The highest BCUT2D eigenvalue weighted by Gasteiger charge is 2.15. The van der Waals surface area contributed by atoms with Crippen molar-refractivity contribution in [3.05, 3.63) is 35.9 Å². The van der Waals surface area contributed by atoms with Gasteiger partial charge in [0.25, 0.3) is 0 Å². The molecular formula is C13H19N3O4S2. The quantitative estimate of drug-likeness (QED) is 0.627. The van der Waals surface area contributed by atoms with Crippen LogP contribution in [0.3, 0.4) is 0 Å². The molecule has 0 aliphatic heterocycles. The Hall–Kier alpha value is -1.58. The molecule has 0 aromatic heterocycles. The average molecular weight is 345 g/mol. The van der Waals surface area contributed by atoms with Crippen molar-refractivity contribution in [1.82, 2.24) is 10.0 Å². The average Bonchev–Trinajstić information content (AvgIpc) is 2.44. The minimum atomic E-state index is -3.89. The van der Waals surface area contributed by atoms with Crippen molar-refractivity contribution in [1.29, 1.82) is 0 Å². The van der Waals surface area contributed by atoms with Crippen molar-refractivity contribution in [3.63, 3.8) is 0 Å². The Labute approximate surface area is 134 Å². The van der Waals surface area contributed by atoms with Crippen molar-refractivity contribution in [2.45, 2.75) is 25.6 Å². The normalized spacial score (nSPS) is 12.3. The molecular weight excluding hydrogens is 326 g/mol. The summed E-state index contributed by atoms with van der Waals surface area (Å²) in [6, 6.07) is 9.11. The van der Waals surface area contributed by atoms with Crippen LogP contribution in [0.2, 0.25) is 0 Å². The molecule has 7 nitrogen and oxygen atoms in total. The van der Waals surface area contributed by atoms with E-state index in [0.29, 0.717) is 5.75 Å².